The quantitative estimate of drug-likeness (QED) is 0.715. The Hall–Kier alpha value is -1.44. The highest BCUT2D eigenvalue weighted by Crippen LogP contribution is 2.20. The van der Waals surface area contributed by atoms with Gasteiger partial charge in [-0.1, -0.05) is 25.3 Å². The highest BCUT2D eigenvalue weighted by molar-refractivity contribution is 7.89. The first-order valence-electron chi connectivity index (χ1n) is 8.83. The number of rotatable bonds is 8. The summed E-state index contributed by atoms with van der Waals surface area (Å²) in [5.74, 6) is -0.270. The highest BCUT2D eigenvalue weighted by atomic mass is 32.2. The van der Waals surface area contributed by atoms with E-state index in [1.165, 1.54) is 45.5 Å². The number of ether oxygens (including phenoxy) is 1. The third-order valence-electron chi connectivity index (χ3n) is 4.39. The minimum absolute atomic E-state index is 0.116. The van der Waals surface area contributed by atoms with Gasteiger partial charge in [-0.05, 0) is 37.5 Å². The first-order chi connectivity index (χ1) is 11.9. The molecule has 0 atom stereocenters. The van der Waals surface area contributed by atoms with Crippen LogP contribution in [0.4, 0.5) is 0 Å². The molecule has 0 heterocycles. The lowest BCUT2D eigenvalue weighted by Gasteiger charge is -2.21. The molecule has 7 heteroatoms. The summed E-state index contributed by atoms with van der Waals surface area (Å²) in [4.78, 5) is 12.3. The standard InChI is InChI=1S/C18H28N2O4S/c1-20(2)25(22,23)17-11-6-8-15(14-17)18(21)19-12-7-13-24-16-9-4-3-5-10-16/h6,8,11,14,16H,3-5,7,9-10,12-13H2,1-2H3,(H,19,21). The van der Waals surface area contributed by atoms with Gasteiger partial charge in [0, 0.05) is 32.8 Å². The van der Waals surface area contributed by atoms with E-state index in [2.05, 4.69) is 5.32 Å². The SMILES string of the molecule is CN(C)S(=O)(=O)c1cccc(C(=O)NCCCOC2CCCCC2)c1. The molecule has 25 heavy (non-hydrogen) atoms. The molecule has 1 aromatic carbocycles. The third kappa shape index (κ3) is 5.80. The van der Waals surface area contributed by atoms with E-state index in [1.807, 2.05) is 0 Å². The minimum atomic E-state index is -3.54. The van der Waals surface area contributed by atoms with Crippen molar-refractivity contribution in [2.75, 3.05) is 27.2 Å². The fraction of sp³-hybridized carbons (Fsp3) is 0.611. The van der Waals surface area contributed by atoms with Gasteiger partial charge in [-0.3, -0.25) is 4.79 Å². The van der Waals surface area contributed by atoms with Crippen LogP contribution in [0.25, 0.3) is 0 Å². The molecule has 0 bridgehead atoms. The van der Waals surface area contributed by atoms with Crippen LogP contribution in [0.5, 0.6) is 0 Å². The molecule has 0 aliphatic heterocycles. The molecular formula is C18H28N2O4S. The lowest BCUT2D eigenvalue weighted by molar-refractivity contribution is 0.0273. The first kappa shape index (κ1) is 19.9. The van der Waals surface area contributed by atoms with Gasteiger partial charge < -0.3 is 10.1 Å². The Morgan fingerprint density at radius 3 is 2.64 bits per heavy atom. The van der Waals surface area contributed by atoms with Gasteiger partial charge in [-0.25, -0.2) is 12.7 Å². The number of nitrogens with zero attached hydrogens (tertiary/aromatic N) is 1. The smallest absolute Gasteiger partial charge is 0.251 e. The van der Waals surface area contributed by atoms with Crippen LogP contribution in [-0.4, -0.2) is 52.0 Å². The zero-order valence-electron chi connectivity index (χ0n) is 15.0. The lowest BCUT2D eigenvalue weighted by Crippen LogP contribution is -2.27. The Morgan fingerprint density at radius 2 is 1.96 bits per heavy atom. The maximum absolute atomic E-state index is 12.2. The van der Waals surface area contributed by atoms with Crippen LogP contribution in [0.3, 0.4) is 0 Å². The predicted octanol–water partition coefficient (Wildman–Crippen LogP) is 2.41. The Bertz CT molecular complexity index is 667. The minimum Gasteiger partial charge on any atom is -0.378 e. The number of hydrogen-bond donors (Lipinski definition) is 1. The van der Waals surface area contributed by atoms with Crippen molar-refractivity contribution in [3.05, 3.63) is 29.8 Å². The monoisotopic (exact) mass is 368 g/mol. The molecule has 1 aliphatic rings. The average Bonchev–Trinajstić information content (AvgIpc) is 2.62. The summed E-state index contributed by atoms with van der Waals surface area (Å²) in [6, 6.07) is 6.09. The van der Waals surface area contributed by atoms with E-state index < -0.39 is 10.0 Å². The molecule has 0 radical (unpaired) electrons. The van der Waals surface area contributed by atoms with Crippen LogP contribution in [0.15, 0.2) is 29.2 Å². The van der Waals surface area contributed by atoms with Crippen molar-refractivity contribution in [2.24, 2.45) is 0 Å². The fourth-order valence-electron chi connectivity index (χ4n) is 2.87. The molecule has 0 unspecified atom stereocenters. The van der Waals surface area contributed by atoms with Crippen LogP contribution in [0, 0.1) is 0 Å². The summed E-state index contributed by atoms with van der Waals surface area (Å²) in [6.45, 7) is 1.15. The summed E-state index contributed by atoms with van der Waals surface area (Å²) in [5.41, 5.74) is 0.344. The van der Waals surface area contributed by atoms with E-state index in [4.69, 9.17) is 4.74 Å². The summed E-state index contributed by atoms with van der Waals surface area (Å²) in [7, 11) is -0.608. The molecule has 0 aromatic heterocycles. The van der Waals surface area contributed by atoms with Crippen LogP contribution in [0.1, 0.15) is 48.9 Å². The molecule has 1 amide bonds. The summed E-state index contributed by atoms with van der Waals surface area (Å²) >= 11 is 0. The fourth-order valence-corrected chi connectivity index (χ4v) is 3.81. The normalized spacial score (nSPS) is 16.1. The Labute approximate surface area is 150 Å². The van der Waals surface area contributed by atoms with Gasteiger partial charge in [0.2, 0.25) is 10.0 Å². The number of hydrogen-bond acceptors (Lipinski definition) is 4. The van der Waals surface area contributed by atoms with Gasteiger partial charge in [-0.2, -0.15) is 0 Å². The zero-order chi connectivity index (χ0) is 18.3. The van der Waals surface area contributed by atoms with Crippen molar-refractivity contribution in [3.8, 4) is 0 Å². The van der Waals surface area contributed by atoms with Crippen LogP contribution in [-0.2, 0) is 14.8 Å². The van der Waals surface area contributed by atoms with E-state index >= 15 is 0 Å². The lowest BCUT2D eigenvalue weighted by atomic mass is 9.98. The summed E-state index contributed by atoms with van der Waals surface area (Å²) < 4.78 is 31.2. The number of amides is 1. The maximum Gasteiger partial charge on any atom is 0.251 e. The topological polar surface area (TPSA) is 75.7 Å². The first-order valence-corrected chi connectivity index (χ1v) is 10.3. The van der Waals surface area contributed by atoms with Gasteiger partial charge in [-0.15, -0.1) is 0 Å². The summed E-state index contributed by atoms with van der Waals surface area (Å²) in [5, 5.41) is 2.82. The molecule has 1 aromatic rings. The third-order valence-corrected chi connectivity index (χ3v) is 6.20. The number of carbonyl (C=O) groups excluding carboxylic acids is 1. The molecule has 1 N–H and O–H groups in total. The van der Waals surface area contributed by atoms with E-state index in [-0.39, 0.29) is 10.8 Å². The van der Waals surface area contributed by atoms with Crippen molar-refractivity contribution in [3.63, 3.8) is 0 Å². The van der Waals surface area contributed by atoms with Crippen molar-refractivity contribution >= 4 is 15.9 Å². The van der Waals surface area contributed by atoms with E-state index in [0.29, 0.717) is 24.8 Å². The van der Waals surface area contributed by atoms with Gasteiger partial charge in [0.25, 0.3) is 5.91 Å². The second-order valence-corrected chi connectivity index (χ2v) is 8.71. The summed E-state index contributed by atoms with van der Waals surface area (Å²) in [6.07, 6.45) is 7.19. The number of sulfonamides is 1. The molecule has 2 rings (SSSR count). The highest BCUT2D eigenvalue weighted by Gasteiger charge is 2.18. The largest absolute Gasteiger partial charge is 0.378 e. The van der Waals surface area contributed by atoms with E-state index in [0.717, 1.165) is 23.6 Å². The van der Waals surface area contributed by atoms with Crippen molar-refractivity contribution in [2.45, 2.75) is 49.5 Å². The van der Waals surface area contributed by atoms with E-state index in [9.17, 15) is 13.2 Å². The molecule has 0 spiro atoms. The molecule has 1 aliphatic carbocycles. The van der Waals surface area contributed by atoms with Gasteiger partial charge in [0.1, 0.15) is 0 Å². The maximum atomic E-state index is 12.2. The van der Waals surface area contributed by atoms with Crippen molar-refractivity contribution in [1.29, 1.82) is 0 Å². The van der Waals surface area contributed by atoms with Crippen LogP contribution in [0.2, 0.25) is 0 Å². The average molecular weight is 368 g/mol. The van der Waals surface area contributed by atoms with Crippen molar-refractivity contribution in [1.82, 2.24) is 9.62 Å². The number of nitrogens with one attached hydrogen (secondary N) is 1. The molecule has 140 valence electrons. The van der Waals surface area contributed by atoms with Crippen molar-refractivity contribution < 1.29 is 17.9 Å². The van der Waals surface area contributed by atoms with E-state index in [1.54, 1.807) is 12.1 Å². The molecular weight excluding hydrogens is 340 g/mol. The van der Waals surface area contributed by atoms with Gasteiger partial charge in [0.15, 0.2) is 0 Å². The second kappa shape index (κ2) is 9.31. The predicted molar refractivity (Wildman–Crippen MR) is 97.1 cm³/mol. The Balaban J connectivity index is 1.79. The molecule has 1 fully saturated rings. The molecule has 1 saturated carbocycles. The molecule has 0 saturated heterocycles. The number of benzene rings is 1. The zero-order valence-corrected chi connectivity index (χ0v) is 15.8. The van der Waals surface area contributed by atoms with Gasteiger partial charge >= 0.3 is 0 Å². The molecule has 6 nitrogen and oxygen atoms in total. The Morgan fingerprint density at radius 1 is 1.24 bits per heavy atom. The van der Waals surface area contributed by atoms with Crippen LogP contribution >= 0.6 is 0 Å². The second-order valence-electron chi connectivity index (χ2n) is 6.56. The number of carbonyl (C=O) groups is 1. The Kier molecular flexibility index (Phi) is 7.40. The van der Waals surface area contributed by atoms with Crippen LogP contribution < -0.4 is 5.32 Å². The van der Waals surface area contributed by atoms with Gasteiger partial charge in [0.05, 0.1) is 11.0 Å².